The van der Waals surface area contributed by atoms with Gasteiger partial charge in [0.05, 0.1) is 13.2 Å². The van der Waals surface area contributed by atoms with Crippen LogP contribution in [-0.2, 0) is 11.2 Å². The maximum absolute atomic E-state index is 6.24. The summed E-state index contributed by atoms with van der Waals surface area (Å²) in [5.74, 6) is 1.51. The van der Waals surface area contributed by atoms with Gasteiger partial charge in [0.15, 0.2) is 11.5 Å². The van der Waals surface area contributed by atoms with Gasteiger partial charge >= 0.3 is 0 Å². The number of nitrogens with one attached hydrogen (secondary N) is 1. The predicted molar refractivity (Wildman–Crippen MR) is 80.1 cm³/mol. The Kier molecular flexibility index (Phi) is 6.43. The number of benzene rings is 1. The molecule has 1 aromatic carbocycles. The lowest BCUT2D eigenvalue weighted by atomic mass is 10.1. The monoisotopic (exact) mass is 299 g/mol. The highest BCUT2D eigenvalue weighted by Crippen LogP contribution is 2.35. The summed E-state index contributed by atoms with van der Waals surface area (Å²) in [5.41, 5.74) is 1.04. The normalized spacial score (nSPS) is 13.5. The first-order valence-electron chi connectivity index (χ1n) is 7.17. The Morgan fingerprint density at radius 1 is 1.15 bits per heavy atom. The minimum absolute atomic E-state index is 0.580. The molecule has 0 aromatic heterocycles. The molecular formula is C15H22ClNO3. The SMILES string of the molecule is CCCNCCOCCc1cc2c(cc1Cl)OCCO2. The molecule has 2 rings (SSSR count). The van der Waals surface area contributed by atoms with Gasteiger partial charge in [0.25, 0.3) is 0 Å². The van der Waals surface area contributed by atoms with Crippen LogP contribution in [0.2, 0.25) is 5.02 Å². The molecule has 0 spiro atoms. The molecule has 0 aliphatic carbocycles. The van der Waals surface area contributed by atoms with Gasteiger partial charge in [0.2, 0.25) is 0 Å². The van der Waals surface area contributed by atoms with E-state index in [1.165, 1.54) is 0 Å². The lowest BCUT2D eigenvalue weighted by molar-refractivity contribution is 0.138. The minimum atomic E-state index is 0.580. The highest BCUT2D eigenvalue weighted by Gasteiger charge is 2.14. The van der Waals surface area contributed by atoms with E-state index in [1.54, 1.807) is 0 Å². The van der Waals surface area contributed by atoms with Gasteiger partial charge in [-0.1, -0.05) is 18.5 Å². The molecular weight excluding hydrogens is 278 g/mol. The first-order chi connectivity index (χ1) is 9.81. The Labute approximate surface area is 125 Å². The van der Waals surface area contributed by atoms with Crippen LogP contribution in [0.3, 0.4) is 0 Å². The quantitative estimate of drug-likeness (QED) is 0.749. The summed E-state index contributed by atoms with van der Waals surface area (Å²) >= 11 is 6.24. The molecule has 0 saturated heterocycles. The van der Waals surface area contributed by atoms with Crippen LogP contribution in [0, 0.1) is 0 Å². The molecule has 0 bridgehead atoms. The van der Waals surface area contributed by atoms with Gasteiger partial charge in [-0.25, -0.2) is 0 Å². The van der Waals surface area contributed by atoms with Crippen molar-refractivity contribution in [3.63, 3.8) is 0 Å². The van der Waals surface area contributed by atoms with Crippen LogP contribution in [0.5, 0.6) is 11.5 Å². The van der Waals surface area contributed by atoms with Crippen LogP contribution in [0.4, 0.5) is 0 Å². The molecule has 0 radical (unpaired) electrons. The third kappa shape index (κ3) is 4.54. The van der Waals surface area contributed by atoms with Gasteiger partial charge in [-0.05, 0) is 31.0 Å². The van der Waals surface area contributed by atoms with Crippen LogP contribution >= 0.6 is 11.6 Å². The number of fused-ring (bicyclic) bond motifs is 1. The van der Waals surface area contributed by atoms with Gasteiger partial charge in [-0.3, -0.25) is 0 Å². The molecule has 1 aliphatic heterocycles. The first kappa shape index (κ1) is 15.4. The molecule has 4 nitrogen and oxygen atoms in total. The number of rotatable bonds is 8. The Hall–Kier alpha value is -0.970. The molecule has 112 valence electrons. The zero-order chi connectivity index (χ0) is 14.2. The van der Waals surface area contributed by atoms with E-state index in [2.05, 4.69) is 12.2 Å². The average molecular weight is 300 g/mol. The second kappa shape index (κ2) is 8.35. The molecule has 0 amide bonds. The summed E-state index contributed by atoms with van der Waals surface area (Å²) in [6, 6.07) is 3.78. The van der Waals surface area contributed by atoms with Crippen LogP contribution in [0.25, 0.3) is 0 Å². The van der Waals surface area contributed by atoms with Crippen LogP contribution in [0.1, 0.15) is 18.9 Å². The molecule has 1 aromatic rings. The summed E-state index contributed by atoms with van der Waals surface area (Å²) in [7, 11) is 0. The highest BCUT2D eigenvalue weighted by atomic mass is 35.5. The zero-order valence-corrected chi connectivity index (χ0v) is 12.7. The minimum Gasteiger partial charge on any atom is -0.486 e. The molecule has 0 fully saturated rings. The summed E-state index contributed by atoms with van der Waals surface area (Å²) in [6.07, 6.45) is 1.93. The zero-order valence-electron chi connectivity index (χ0n) is 11.9. The van der Waals surface area contributed by atoms with Crippen LogP contribution in [0.15, 0.2) is 12.1 Å². The van der Waals surface area contributed by atoms with Gasteiger partial charge in [0.1, 0.15) is 13.2 Å². The average Bonchev–Trinajstić information content (AvgIpc) is 2.46. The second-order valence-electron chi connectivity index (χ2n) is 4.70. The van der Waals surface area contributed by atoms with Gasteiger partial charge in [-0.2, -0.15) is 0 Å². The van der Waals surface area contributed by atoms with Crippen LogP contribution in [-0.4, -0.2) is 39.5 Å². The van der Waals surface area contributed by atoms with E-state index in [0.717, 1.165) is 49.6 Å². The lowest BCUT2D eigenvalue weighted by Gasteiger charge is -2.19. The van der Waals surface area contributed by atoms with Crippen molar-refractivity contribution in [1.82, 2.24) is 5.32 Å². The molecule has 1 aliphatic rings. The molecule has 20 heavy (non-hydrogen) atoms. The Bertz CT molecular complexity index is 426. The van der Waals surface area contributed by atoms with Crippen molar-refractivity contribution >= 4 is 11.6 Å². The molecule has 5 heteroatoms. The number of hydrogen-bond acceptors (Lipinski definition) is 4. The maximum Gasteiger partial charge on any atom is 0.162 e. The maximum atomic E-state index is 6.24. The van der Waals surface area contributed by atoms with Crippen molar-refractivity contribution in [1.29, 1.82) is 0 Å². The summed E-state index contributed by atoms with van der Waals surface area (Å²) in [6.45, 7) is 6.64. The second-order valence-corrected chi connectivity index (χ2v) is 5.11. The first-order valence-corrected chi connectivity index (χ1v) is 7.55. The Morgan fingerprint density at radius 2 is 1.90 bits per heavy atom. The Morgan fingerprint density at radius 3 is 2.65 bits per heavy atom. The van der Waals surface area contributed by atoms with Gasteiger partial charge < -0.3 is 19.5 Å². The van der Waals surface area contributed by atoms with E-state index in [-0.39, 0.29) is 0 Å². The van der Waals surface area contributed by atoms with Crippen molar-refractivity contribution in [2.24, 2.45) is 0 Å². The van der Waals surface area contributed by atoms with Crippen LogP contribution < -0.4 is 14.8 Å². The molecule has 0 atom stereocenters. The van der Waals surface area contributed by atoms with E-state index in [9.17, 15) is 0 Å². The number of ether oxygens (including phenoxy) is 3. The third-order valence-corrected chi connectivity index (χ3v) is 3.43. The van der Waals surface area contributed by atoms with E-state index >= 15 is 0 Å². The molecule has 0 unspecified atom stereocenters. The smallest absolute Gasteiger partial charge is 0.162 e. The summed E-state index contributed by atoms with van der Waals surface area (Å²) < 4.78 is 16.6. The van der Waals surface area contributed by atoms with Crippen molar-refractivity contribution in [2.45, 2.75) is 19.8 Å². The Balaban J connectivity index is 1.75. The van der Waals surface area contributed by atoms with E-state index < -0.39 is 0 Å². The molecule has 1 heterocycles. The lowest BCUT2D eigenvalue weighted by Crippen LogP contribution is -2.20. The summed E-state index contributed by atoms with van der Waals surface area (Å²) in [5, 5.41) is 4.01. The molecule has 1 N–H and O–H groups in total. The molecule has 0 saturated carbocycles. The van der Waals surface area contributed by atoms with Crippen molar-refractivity contribution < 1.29 is 14.2 Å². The number of hydrogen-bond donors (Lipinski definition) is 1. The van der Waals surface area contributed by atoms with Crippen molar-refractivity contribution in [2.75, 3.05) is 39.5 Å². The number of halogens is 1. The topological polar surface area (TPSA) is 39.7 Å². The standard InChI is InChI=1S/C15H22ClNO3/c1-2-4-17-5-7-18-6-3-12-10-14-15(11-13(12)16)20-9-8-19-14/h10-11,17H,2-9H2,1H3. The highest BCUT2D eigenvalue weighted by molar-refractivity contribution is 6.31. The van der Waals surface area contributed by atoms with E-state index in [1.807, 2.05) is 12.1 Å². The van der Waals surface area contributed by atoms with Crippen molar-refractivity contribution in [3.05, 3.63) is 22.7 Å². The van der Waals surface area contributed by atoms with E-state index in [4.69, 9.17) is 25.8 Å². The van der Waals surface area contributed by atoms with Gasteiger partial charge in [-0.15, -0.1) is 0 Å². The summed E-state index contributed by atoms with van der Waals surface area (Å²) in [4.78, 5) is 0. The fourth-order valence-corrected chi connectivity index (χ4v) is 2.28. The van der Waals surface area contributed by atoms with Gasteiger partial charge in [0, 0.05) is 17.6 Å². The van der Waals surface area contributed by atoms with Crippen molar-refractivity contribution in [3.8, 4) is 11.5 Å². The largest absolute Gasteiger partial charge is 0.486 e. The predicted octanol–water partition coefficient (Wildman–Crippen LogP) is 2.67. The fraction of sp³-hybridized carbons (Fsp3) is 0.600. The third-order valence-electron chi connectivity index (χ3n) is 3.08. The fourth-order valence-electron chi connectivity index (χ4n) is 2.03. The van der Waals surface area contributed by atoms with E-state index in [0.29, 0.717) is 24.8 Å².